The number of halogens is 2. The summed E-state index contributed by atoms with van der Waals surface area (Å²) in [6, 6.07) is 8.20. The fourth-order valence-corrected chi connectivity index (χ4v) is 3.97. The number of amides is 1. The van der Waals surface area contributed by atoms with Gasteiger partial charge in [0, 0.05) is 24.8 Å². The average molecular weight is 369 g/mol. The topological polar surface area (TPSA) is 66.5 Å². The van der Waals surface area contributed by atoms with Crippen LogP contribution in [0.5, 0.6) is 0 Å². The molecule has 0 saturated carbocycles. The van der Waals surface area contributed by atoms with Crippen molar-refractivity contribution in [3.63, 3.8) is 0 Å². The second-order valence-corrected chi connectivity index (χ2v) is 7.54. The van der Waals surface area contributed by atoms with E-state index < -0.39 is 15.8 Å². The van der Waals surface area contributed by atoms with Crippen molar-refractivity contribution in [3.05, 3.63) is 52.8 Å². The van der Waals surface area contributed by atoms with Crippen molar-refractivity contribution >= 4 is 38.9 Å². The van der Waals surface area contributed by atoms with Gasteiger partial charge in [-0.15, -0.1) is 0 Å². The van der Waals surface area contributed by atoms with Gasteiger partial charge >= 0.3 is 0 Å². The largest absolute Gasteiger partial charge is 0.312 e. The Bertz CT molecular complexity index is 931. The molecule has 2 aromatic carbocycles. The number of hydrogen-bond acceptors (Lipinski definition) is 3. The van der Waals surface area contributed by atoms with Crippen LogP contribution in [0.25, 0.3) is 0 Å². The van der Waals surface area contributed by atoms with E-state index in [9.17, 15) is 17.6 Å². The summed E-state index contributed by atoms with van der Waals surface area (Å²) in [6.07, 6.45) is 0.660. The summed E-state index contributed by atoms with van der Waals surface area (Å²) in [5.74, 6) is -0.736. The third kappa shape index (κ3) is 3.09. The van der Waals surface area contributed by atoms with Gasteiger partial charge in [-0.3, -0.25) is 9.52 Å². The van der Waals surface area contributed by atoms with Gasteiger partial charge in [0.25, 0.3) is 10.0 Å². The second-order valence-electron chi connectivity index (χ2n) is 5.45. The summed E-state index contributed by atoms with van der Waals surface area (Å²) in [6.45, 7) is 2.07. The third-order valence-corrected chi connectivity index (χ3v) is 5.48. The molecule has 0 fully saturated rings. The molecule has 24 heavy (non-hydrogen) atoms. The van der Waals surface area contributed by atoms with E-state index in [0.29, 0.717) is 18.7 Å². The van der Waals surface area contributed by atoms with E-state index in [1.165, 1.54) is 6.92 Å². The lowest BCUT2D eigenvalue weighted by atomic mass is 10.1. The minimum Gasteiger partial charge on any atom is -0.312 e. The second kappa shape index (κ2) is 6.07. The first-order chi connectivity index (χ1) is 11.3. The molecule has 3 rings (SSSR count). The van der Waals surface area contributed by atoms with Gasteiger partial charge in [0.15, 0.2) is 0 Å². The van der Waals surface area contributed by atoms with Gasteiger partial charge in [0.1, 0.15) is 5.82 Å². The first kappa shape index (κ1) is 16.7. The highest BCUT2D eigenvalue weighted by Gasteiger charge is 2.23. The van der Waals surface area contributed by atoms with Gasteiger partial charge in [-0.05, 0) is 48.4 Å². The van der Waals surface area contributed by atoms with Crippen molar-refractivity contribution in [2.24, 2.45) is 0 Å². The molecule has 1 heterocycles. The summed E-state index contributed by atoms with van der Waals surface area (Å²) in [7, 11) is -3.88. The smallest absolute Gasteiger partial charge is 0.261 e. The molecule has 0 spiro atoms. The lowest BCUT2D eigenvalue weighted by Crippen LogP contribution is -2.25. The Morgan fingerprint density at radius 3 is 2.67 bits per heavy atom. The number of nitrogens with one attached hydrogen (secondary N) is 1. The third-order valence-electron chi connectivity index (χ3n) is 3.81. The molecule has 1 amide bonds. The lowest BCUT2D eigenvalue weighted by molar-refractivity contribution is -0.116. The van der Waals surface area contributed by atoms with Crippen LogP contribution in [0.3, 0.4) is 0 Å². The molecule has 0 saturated heterocycles. The summed E-state index contributed by atoms with van der Waals surface area (Å²) < 4.78 is 40.4. The van der Waals surface area contributed by atoms with Crippen molar-refractivity contribution in [3.8, 4) is 0 Å². The Hall–Kier alpha value is -2.12. The standard InChI is InChI=1S/C16H14ClFN2O3S/c1-10(21)20-7-6-11-8-12(2-5-16(11)20)19-24(22,23)13-3-4-15(18)14(17)9-13/h2-5,8-9,19H,6-7H2,1H3. The summed E-state index contributed by atoms with van der Waals surface area (Å²) in [5.41, 5.74) is 2.05. The number of hydrogen-bond donors (Lipinski definition) is 1. The van der Waals surface area contributed by atoms with Crippen LogP contribution in [0, 0.1) is 5.82 Å². The van der Waals surface area contributed by atoms with Gasteiger partial charge in [0.05, 0.1) is 9.92 Å². The lowest BCUT2D eigenvalue weighted by Gasteiger charge is -2.15. The van der Waals surface area contributed by atoms with Crippen LogP contribution in [0.2, 0.25) is 5.02 Å². The molecular formula is C16H14ClFN2O3S. The number of sulfonamides is 1. The SMILES string of the molecule is CC(=O)N1CCc2cc(NS(=O)(=O)c3ccc(F)c(Cl)c3)ccc21. The molecule has 0 atom stereocenters. The van der Waals surface area contributed by atoms with E-state index in [-0.39, 0.29) is 15.8 Å². The molecule has 1 aliphatic heterocycles. The minimum atomic E-state index is -3.88. The van der Waals surface area contributed by atoms with E-state index in [2.05, 4.69) is 4.72 Å². The normalized spacial score (nSPS) is 13.7. The van der Waals surface area contributed by atoms with Crippen LogP contribution in [0.1, 0.15) is 12.5 Å². The fourth-order valence-electron chi connectivity index (χ4n) is 2.65. The molecule has 2 aromatic rings. The Kier molecular flexibility index (Phi) is 4.23. The predicted octanol–water partition coefficient (Wildman–Crippen LogP) is 3.19. The highest BCUT2D eigenvalue weighted by molar-refractivity contribution is 7.92. The zero-order chi connectivity index (χ0) is 17.5. The molecule has 1 N–H and O–H groups in total. The first-order valence-electron chi connectivity index (χ1n) is 7.17. The van der Waals surface area contributed by atoms with Gasteiger partial charge in [-0.1, -0.05) is 11.6 Å². The van der Waals surface area contributed by atoms with E-state index in [1.54, 1.807) is 23.1 Å². The fraction of sp³-hybridized carbons (Fsp3) is 0.188. The van der Waals surface area contributed by atoms with Crippen LogP contribution in [0.15, 0.2) is 41.3 Å². The maximum absolute atomic E-state index is 13.2. The molecule has 0 aromatic heterocycles. The van der Waals surface area contributed by atoms with E-state index in [0.717, 1.165) is 29.4 Å². The molecular weight excluding hydrogens is 355 g/mol. The minimum absolute atomic E-state index is 0.0527. The van der Waals surface area contributed by atoms with Crippen LogP contribution >= 0.6 is 11.6 Å². The van der Waals surface area contributed by atoms with Crippen LogP contribution in [-0.2, 0) is 21.2 Å². The molecule has 5 nitrogen and oxygen atoms in total. The van der Waals surface area contributed by atoms with E-state index in [4.69, 9.17) is 11.6 Å². The number of nitrogens with zero attached hydrogens (tertiary/aromatic N) is 1. The number of anilines is 2. The van der Waals surface area contributed by atoms with Crippen molar-refractivity contribution in [2.75, 3.05) is 16.2 Å². The highest BCUT2D eigenvalue weighted by atomic mass is 35.5. The average Bonchev–Trinajstić information content (AvgIpc) is 2.92. The molecule has 0 unspecified atom stereocenters. The molecule has 0 radical (unpaired) electrons. The Balaban J connectivity index is 1.88. The maximum Gasteiger partial charge on any atom is 0.261 e. The van der Waals surface area contributed by atoms with Crippen LogP contribution in [-0.4, -0.2) is 20.9 Å². The van der Waals surface area contributed by atoms with Gasteiger partial charge in [-0.2, -0.15) is 0 Å². The van der Waals surface area contributed by atoms with Crippen molar-refractivity contribution < 1.29 is 17.6 Å². The van der Waals surface area contributed by atoms with Gasteiger partial charge < -0.3 is 4.90 Å². The first-order valence-corrected chi connectivity index (χ1v) is 9.03. The summed E-state index contributed by atoms with van der Waals surface area (Å²) in [5, 5.41) is -0.260. The Morgan fingerprint density at radius 1 is 1.25 bits per heavy atom. The number of fused-ring (bicyclic) bond motifs is 1. The summed E-state index contributed by atoms with van der Waals surface area (Å²) in [4.78, 5) is 13.1. The highest BCUT2D eigenvalue weighted by Crippen LogP contribution is 2.31. The molecule has 0 bridgehead atoms. The van der Waals surface area contributed by atoms with Crippen LogP contribution in [0.4, 0.5) is 15.8 Å². The summed E-state index contributed by atoms with van der Waals surface area (Å²) >= 11 is 5.64. The molecule has 1 aliphatic rings. The Labute approximate surface area is 144 Å². The zero-order valence-electron chi connectivity index (χ0n) is 12.7. The van der Waals surface area contributed by atoms with Crippen LogP contribution < -0.4 is 9.62 Å². The van der Waals surface area contributed by atoms with Crippen molar-refractivity contribution in [2.45, 2.75) is 18.2 Å². The zero-order valence-corrected chi connectivity index (χ0v) is 14.3. The van der Waals surface area contributed by atoms with Crippen molar-refractivity contribution in [1.82, 2.24) is 0 Å². The molecule has 126 valence electrons. The van der Waals surface area contributed by atoms with Gasteiger partial charge in [-0.25, -0.2) is 12.8 Å². The number of rotatable bonds is 3. The van der Waals surface area contributed by atoms with E-state index >= 15 is 0 Å². The Morgan fingerprint density at radius 2 is 2.00 bits per heavy atom. The number of benzene rings is 2. The molecule has 0 aliphatic carbocycles. The number of carbonyl (C=O) groups excluding carboxylic acids is 1. The maximum atomic E-state index is 13.2. The van der Waals surface area contributed by atoms with E-state index in [1.807, 2.05) is 0 Å². The predicted molar refractivity (Wildman–Crippen MR) is 90.4 cm³/mol. The molecule has 8 heteroatoms. The quantitative estimate of drug-likeness (QED) is 0.904. The van der Waals surface area contributed by atoms with Crippen molar-refractivity contribution in [1.29, 1.82) is 0 Å². The number of carbonyl (C=O) groups is 1. The van der Waals surface area contributed by atoms with Gasteiger partial charge in [0.2, 0.25) is 5.91 Å². The monoisotopic (exact) mass is 368 g/mol.